The average molecular weight is 350 g/mol. The fraction of sp³-hybridized carbons (Fsp3) is 0.611. The Kier molecular flexibility index (Phi) is 4.13. The zero-order chi connectivity index (χ0) is 15.0. The van der Waals surface area contributed by atoms with E-state index in [2.05, 4.69) is 53.3 Å². The van der Waals surface area contributed by atoms with Crippen LogP contribution in [0.15, 0.2) is 18.2 Å². The van der Waals surface area contributed by atoms with Crippen LogP contribution in [0.4, 0.5) is 0 Å². The molecule has 2 atom stereocenters. The van der Waals surface area contributed by atoms with Gasteiger partial charge in [0, 0.05) is 16.9 Å². The van der Waals surface area contributed by atoms with Gasteiger partial charge in [-0.15, -0.1) is 0 Å². The van der Waals surface area contributed by atoms with Crippen LogP contribution in [0.5, 0.6) is 0 Å². The molecule has 3 rings (SSSR count). The van der Waals surface area contributed by atoms with Gasteiger partial charge < -0.3 is 5.32 Å². The zero-order valence-corrected chi connectivity index (χ0v) is 14.5. The number of carbonyl (C=O) groups is 1. The largest absolute Gasteiger partial charge is 0.352 e. The number of rotatable bonds is 2. The SMILES string of the molecule is CC1(C)CCCC1C(Br)c1ccc2c(c1)C(=O)NCCC2. The standard InChI is InChI=1S/C18H24BrNO/c1-18(2)9-3-6-15(18)16(19)13-8-7-12-5-4-10-20-17(21)14(12)11-13/h7-8,11,15-16H,3-6,9-10H2,1-2H3,(H,20,21). The van der Waals surface area contributed by atoms with Crippen molar-refractivity contribution in [3.05, 3.63) is 34.9 Å². The van der Waals surface area contributed by atoms with Crippen molar-refractivity contribution in [3.8, 4) is 0 Å². The molecule has 1 amide bonds. The first-order chi connectivity index (χ1) is 9.99. The van der Waals surface area contributed by atoms with Gasteiger partial charge in [0.15, 0.2) is 0 Å². The van der Waals surface area contributed by atoms with Gasteiger partial charge in [-0.2, -0.15) is 0 Å². The molecule has 1 saturated carbocycles. The first kappa shape index (κ1) is 15.1. The molecular formula is C18H24BrNO. The molecule has 1 aliphatic carbocycles. The van der Waals surface area contributed by atoms with Gasteiger partial charge in [-0.25, -0.2) is 0 Å². The number of carbonyl (C=O) groups excluding carboxylic acids is 1. The topological polar surface area (TPSA) is 29.1 Å². The smallest absolute Gasteiger partial charge is 0.251 e. The van der Waals surface area contributed by atoms with Crippen LogP contribution in [0.3, 0.4) is 0 Å². The number of halogens is 1. The van der Waals surface area contributed by atoms with Gasteiger partial charge in [-0.05, 0) is 54.2 Å². The molecule has 1 fully saturated rings. The van der Waals surface area contributed by atoms with E-state index in [1.165, 1.54) is 30.4 Å². The summed E-state index contributed by atoms with van der Waals surface area (Å²) in [6, 6.07) is 6.49. The summed E-state index contributed by atoms with van der Waals surface area (Å²) in [5.74, 6) is 0.735. The molecule has 3 heteroatoms. The van der Waals surface area contributed by atoms with E-state index in [1.54, 1.807) is 0 Å². The fourth-order valence-electron chi connectivity index (χ4n) is 3.90. The molecule has 1 aromatic carbocycles. The predicted molar refractivity (Wildman–Crippen MR) is 89.9 cm³/mol. The molecular weight excluding hydrogens is 326 g/mol. The van der Waals surface area contributed by atoms with Crippen molar-refractivity contribution in [2.45, 2.75) is 50.8 Å². The minimum atomic E-state index is 0.0923. The Morgan fingerprint density at radius 2 is 2.14 bits per heavy atom. The van der Waals surface area contributed by atoms with Crippen LogP contribution in [0.1, 0.15) is 65.8 Å². The molecule has 0 bridgehead atoms. The highest BCUT2D eigenvalue weighted by molar-refractivity contribution is 9.09. The van der Waals surface area contributed by atoms with E-state index >= 15 is 0 Å². The summed E-state index contributed by atoms with van der Waals surface area (Å²) in [7, 11) is 0. The highest BCUT2D eigenvalue weighted by atomic mass is 79.9. The van der Waals surface area contributed by atoms with Gasteiger partial charge >= 0.3 is 0 Å². The minimum Gasteiger partial charge on any atom is -0.352 e. The van der Waals surface area contributed by atoms with Crippen LogP contribution in [0, 0.1) is 11.3 Å². The van der Waals surface area contributed by atoms with Crippen LogP contribution in [0.2, 0.25) is 0 Å². The molecule has 0 saturated heterocycles. The maximum atomic E-state index is 12.2. The van der Waals surface area contributed by atoms with Gasteiger partial charge in [-0.3, -0.25) is 4.79 Å². The van der Waals surface area contributed by atoms with Crippen LogP contribution in [-0.4, -0.2) is 12.5 Å². The maximum Gasteiger partial charge on any atom is 0.251 e. The molecule has 2 aliphatic rings. The lowest BCUT2D eigenvalue weighted by Gasteiger charge is -2.31. The maximum absolute atomic E-state index is 12.2. The lowest BCUT2D eigenvalue weighted by Crippen LogP contribution is -2.24. The third-order valence-corrected chi connectivity index (χ3v) is 6.47. The van der Waals surface area contributed by atoms with E-state index in [4.69, 9.17) is 0 Å². The van der Waals surface area contributed by atoms with Crippen molar-refractivity contribution in [2.24, 2.45) is 11.3 Å². The van der Waals surface area contributed by atoms with Crippen molar-refractivity contribution in [3.63, 3.8) is 0 Å². The van der Waals surface area contributed by atoms with Crippen molar-refractivity contribution >= 4 is 21.8 Å². The highest BCUT2D eigenvalue weighted by Gasteiger charge is 2.39. The Morgan fingerprint density at radius 1 is 1.33 bits per heavy atom. The summed E-state index contributed by atoms with van der Waals surface area (Å²) < 4.78 is 0. The number of nitrogens with one attached hydrogen (secondary N) is 1. The molecule has 1 aliphatic heterocycles. The lowest BCUT2D eigenvalue weighted by atomic mass is 9.78. The van der Waals surface area contributed by atoms with Crippen LogP contribution >= 0.6 is 15.9 Å². The highest BCUT2D eigenvalue weighted by Crippen LogP contribution is 2.52. The fourth-order valence-corrected chi connectivity index (χ4v) is 5.16. The van der Waals surface area contributed by atoms with Crippen molar-refractivity contribution in [2.75, 3.05) is 6.54 Å². The number of aryl methyl sites for hydroxylation is 1. The summed E-state index contributed by atoms with van der Waals surface area (Å²) in [4.78, 5) is 12.5. The predicted octanol–water partition coefficient (Wildman–Crippen LogP) is 4.62. The Morgan fingerprint density at radius 3 is 2.86 bits per heavy atom. The van der Waals surface area contributed by atoms with Crippen molar-refractivity contribution in [1.82, 2.24) is 5.32 Å². The van der Waals surface area contributed by atoms with Gasteiger partial charge in [0.25, 0.3) is 5.91 Å². The second kappa shape index (κ2) is 5.75. The zero-order valence-electron chi connectivity index (χ0n) is 12.9. The summed E-state index contributed by atoms with van der Waals surface area (Å²) in [6.07, 6.45) is 5.91. The molecule has 21 heavy (non-hydrogen) atoms. The molecule has 1 N–H and O–H groups in total. The first-order valence-electron chi connectivity index (χ1n) is 8.04. The number of hydrogen-bond acceptors (Lipinski definition) is 1. The van der Waals surface area contributed by atoms with E-state index < -0.39 is 0 Å². The summed E-state index contributed by atoms with van der Waals surface area (Å²) in [5, 5.41) is 3.00. The first-order valence-corrected chi connectivity index (χ1v) is 8.96. The summed E-state index contributed by atoms with van der Waals surface area (Å²) in [5.41, 5.74) is 3.71. The summed E-state index contributed by atoms with van der Waals surface area (Å²) in [6.45, 7) is 5.53. The van der Waals surface area contributed by atoms with Crippen molar-refractivity contribution < 1.29 is 4.79 Å². The second-order valence-electron chi connectivity index (χ2n) is 7.17. The second-order valence-corrected chi connectivity index (χ2v) is 8.15. The Hall–Kier alpha value is -0.830. The Bertz CT molecular complexity index is 552. The number of alkyl halides is 1. The molecule has 0 aromatic heterocycles. The monoisotopic (exact) mass is 349 g/mol. The van der Waals surface area contributed by atoms with Gasteiger partial charge in [0.2, 0.25) is 0 Å². The molecule has 2 nitrogen and oxygen atoms in total. The minimum absolute atomic E-state index is 0.0923. The number of benzene rings is 1. The summed E-state index contributed by atoms with van der Waals surface area (Å²) >= 11 is 3.92. The molecule has 114 valence electrons. The lowest BCUT2D eigenvalue weighted by molar-refractivity contribution is 0.0956. The van der Waals surface area contributed by atoms with E-state index in [1.807, 2.05) is 0 Å². The third-order valence-electron chi connectivity index (χ3n) is 5.30. The van der Waals surface area contributed by atoms with Crippen LogP contribution < -0.4 is 5.32 Å². The van der Waals surface area contributed by atoms with E-state index in [9.17, 15) is 4.79 Å². The quantitative estimate of drug-likeness (QED) is 0.775. The van der Waals surface area contributed by atoms with E-state index in [0.717, 1.165) is 24.9 Å². The normalized spacial score (nSPS) is 25.9. The number of amides is 1. The number of hydrogen-bond donors (Lipinski definition) is 1. The van der Waals surface area contributed by atoms with Crippen LogP contribution in [0.25, 0.3) is 0 Å². The Labute approximate surface area is 135 Å². The number of fused-ring (bicyclic) bond motifs is 1. The van der Waals surface area contributed by atoms with Gasteiger partial charge in [-0.1, -0.05) is 48.3 Å². The van der Waals surface area contributed by atoms with Crippen LogP contribution in [-0.2, 0) is 6.42 Å². The molecule has 1 heterocycles. The molecule has 1 aromatic rings. The third kappa shape index (κ3) is 2.90. The molecule has 0 spiro atoms. The van der Waals surface area contributed by atoms with Gasteiger partial charge in [0.05, 0.1) is 0 Å². The Balaban J connectivity index is 1.91. The average Bonchev–Trinajstić information content (AvgIpc) is 2.70. The molecule has 2 unspecified atom stereocenters. The van der Waals surface area contributed by atoms with Crippen molar-refractivity contribution in [1.29, 1.82) is 0 Å². The molecule has 0 radical (unpaired) electrons. The van der Waals surface area contributed by atoms with E-state index in [0.29, 0.717) is 16.2 Å². The van der Waals surface area contributed by atoms with E-state index in [-0.39, 0.29) is 5.91 Å². The van der Waals surface area contributed by atoms with Gasteiger partial charge in [0.1, 0.15) is 0 Å².